The molecule has 19 heavy (non-hydrogen) atoms. The molecule has 0 amide bonds. The molecule has 3 nitrogen and oxygen atoms in total. The molecule has 0 saturated heterocycles. The summed E-state index contributed by atoms with van der Waals surface area (Å²) >= 11 is 0. The summed E-state index contributed by atoms with van der Waals surface area (Å²) in [5.74, 6) is 0.274. The Labute approximate surface area is 113 Å². The Morgan fingerprint density at radius 2 is 1.84 bits per heavy atom. The van der Waals surface area contributed by atoms with E-state index >= 15 is 0 Å². The molecule has 2 N–H and O–H groups in total. The van der Waals surface area contributed by atoms with E-state index in [-0.39, 0.29) is 11.8 Å². The van der Waals surface area contributed by atoms with Crippen LogP contribution in [0.5, 0.6) is 5.75 Å². The second kappa shape index (κ2) is 5.92. The van der Waals surface area contributed by atoms with Gasteiger partial charge in [-0.2, -0.15) is 5.26 Å². The first kappa shape index (κ1) is 13.0. The van der Waals surface area contributed by atoms with E-state index in [9.17, 15) is 5.11 Å². The van der Waals surface area contributed by atoms with E-state index < -0.39 is 0 Å². The molecular formula is C16H16N2O. The van der Waals surface area contributed by atoms with Gasteiger partial charge in [-0.15, -0.1) is 0 Å². The Morgan fingerprint density at radius 3 is 2.53 bits per heavy atom. The first-order chi connectivity index (χ1) is 9.26. The Hall–Kier alpha value is -2.47. The number of nitriles is 1. The third-order valence-corrected chi connectivity index (χ3v) is 3.10. The lowest BCUT2D eigenvalue weighted by atomic mass is 10.0. The third kappa shape index (κ3) is 2.86. The number of rotatable bonds is 4. The van der Waals surface area contributed by atoms with Crippen LogP contribution in [-0.2, 0) is 0 Å². The predicted molar refractivity (Wildman–Crippen MR) is 75.9 cm³/mol. The number of anilines is 1. The van der Waals surface area contributed by atoms with Crippen molar-refractivity contribution in [2.75, 3.05) is 5.32 Å². The summed E-state index contributed by atoms with van der Waals surface area (Å²) in [5, 5.41) is 22.3. The zero-order valence-electron chi connectivity index (χ0n) is 10.8. The van der Waals surface area contributed by atoms with Crippen LogP contribution in [0.2, 0.25) is 0 Å². The molecule has 0 aliphatic carbocycles. The van der Waals surface area contributed by atoms with E-state index in [1.807, 2.05) is 37.3 Å². The number of aromatic hydroxyl groups is 1. The number of nitrogens with one attached hydrogen (secondary N) is 1. The lowest BCUT2D eigenvalue weighted by Crippen LogP contribution is -2.10. The molecule has 2 rings (SSSR count). The van der Waals surface area contributed by atoms with Gasteiger partial charge >= 0.3 is 0 Å². The second-order valence-electron chi connectivity index (χ2n) is 4.32. The predicted octanol–water partition coefficient (Wildman–Crippen LogP) is 3.83. The van der Waals surface area contributed by atoms with Crippen LogP contribution in [0.15, 0.2) is 48.5 Å². The van der Waals surface area contributed by atoms with Crippen molar-refractivity contribution < 1.29 is 5.11 Å². The zero-order valence-corrected chi connectivity index (χ0v) is 10.8. The fourth-order valence-electron chi connectivity index (χ4n) is 2.08. The maximum atomic E-state index is 9.91. The highest BCUT2D eigenvalue weighted by atomic mass is 16.3. The van der Waals surface area contributed by atoms with Crippen LogP contribution < -0.4 is 5.32 Å². The van der Waals surface area contributed by atoms with Gasteiger partial charge in [-0.25, -0.2) is 0 Å². The molecule has 0 aliphatic rings. The number of benzene rings is 2. The molecule has 0 bridgehead atoms. The molecule has 96 valence electrons. The van der Waals surface area contributed by atoms with Crippen molar-refractivity contribution in [3.63, 3.8) is 0 Å². The molecule has 0 radical (unpaired) electrons. The van der Waals surface area contributed by atoms with Crippen molar-refractivity contribution in [2.45, 2.75) is 19.4 Å². The smallest absolute Gasteiger partial charge is 0.120 e. The van der Waals surface area contributed by atoms with Crippen molar-refractivity contribution in [2.24, 2.45) is 0 Å². The van der Waals surface area contributed by atoms with Gasteiger partial charge in [-0.05, 0) is 24.6 Å². The fourth-order valence-corrected chi connectivity index (χ4v) is 2.08. The van der Waals surface area contributed by atoms with Gasteiger partial charge in [-0.3, -0.25) is 0 Å². The van der Waals surface area contributed by atoms with Gasteiger partial charge in [0, 0.05) is 5.56 Å². The number of phenols is 1. The minimum Gasteiger partial charge on any atom is -0.508 e. The van der Waals surface area contributed by atoms with Crippen molar-refractivity contribution in [1.29, 1.82) is 5.26 Å². The molecule has 2 aromatic rings. The summed E-state index contributed by atoms with van der Waals surface area (Å²) < 4.78 is 0. The van der Waals surface area contributed by atoms with Crippen molar-refractivity contribution >= 4 is 5.69 Å². The van der Waals surface area contributed by atoms with Gasteiger partial charge in [0.1, 0.15) is 11.8 Å². The van der Waals surface area contributed by atoms with Gasteiger partial charge in [0.25, 0.3) is 0 Å². The van der Waals surface area contributed by atoms with Crippen LogP contribution in [-0.4, -0.2) is 5.11 Å². The van der Waals surface area contributed by atoms with Crippen LogP contribution in [0.25, 0.3) is 0 Å². The van der Waals surface area contributed by atoms with Gasteiger partial charge in [0.15, 0.2) is 0 Å². The van der Waals surface area contributed by atoms with E-state index in [0.29, 0.717) is 5.56 Å². The maximum absolute atomic E-state index is 9.91. The van der Waals surface area contributed by atoms with E-state index in [1.54, 1.807) is 18.2 Å². The lowest BCUT2D eigenvalue weighted by molar-refractivity contribution is 0.463. The first-order valence-electron chi connectivity index (χ1n) is 6.29. The van der Waals surface area contributed by atoms with Gasteiger partial charge in [-0.1, -0.05) is 37.3 Å². The SMILES string of the molecule is CCC(Nc1ccccc1C#N)c1ccccc1O. The molecule has 1 unspecified atom stereocenters. The highest BCUT2D eigenvalue weighted by Gasteiger charge is 2.14. The molecule has 0 heterocycles. The number of phenolic OH excluding ortho intramolecular Hbond substituents is 1. The number of nitrogens with zero attached hydrogens (tertiary/aromatic N) is 1. The van der Waals surface area contributed by atoms with Crippen LogP contribution in [0, 0.1) is 11.3 Å². The third-order valence-electron chi connectivity index (χ3n) is 3.10. The second-order valence-corrected chi connectivity index (χ2v) is 4.32. The average Bonchev–Trinajstić information content (AvgIpc) is 2.46. The highest BCUT2D eigenvalue weighted by molar-refractivity contribution is 5.58. The monoisotopic (exact) mass is 252 g/mol. The molecule has 0 aromatic heterocycles. The molecule has 0 saturated carbocycles. The van der Waals surface area contributed by atoms with Gasteiger partial charge < -0.3 is 10.4 Å². The van der Waals surface area contributed by atoms with Gasteiger partial charge in [0.2, 0.25) is 0 Å². The topological polar surface area (TPSA) is 56.0 Å². The van der Waals surface area contributed by atoms with E-state index in [0.717, 1.165) is 17.7 Å². The van der Waals surface area contributed by atoms with Crippen LogP contribution >= 0.6 is 0 Å². The summed E-state index contributed by atoms with van der Waals surface area (Å²) in [4.78, 5) is 0. The lowest BCUT2D eigenvalue weighted by Gasteiger charge is -2.20. The average molecular weight is 252 g/mol. The zero-order chi connectivity index (χ0) is 13.7. The Bertz CT molecular complexity index is 602. The van der Waals surface area contributed by atoms with E-state index in [1.165, 1.54) is 0 Å². The quantitative estimate of drug-likeness (QED) is 0.869. The van der Waals surface area contributed by atoms with Crippen LogP contribution in [0.3, 0.4) is 0 Å². The molecule has 0 spiro atoms. The summed E-state index contributed by atoms with van der Waals surface area (Å²) in [5.41, 5.74) is 2.24. The maximum Gasteiger partial charge on any atom is 0.120 e. The summed E-state index contributed by atoms with van der Waals surface area (Å²) in [6.45, 7) is 2.04. The summed E-state index contributed by atoms with van der Waals surface area (Å²) in [7, 11) is 0. The standard InChI is InChI=1S/C16H16N2O/c1-2-14(13-8-4-6-10-16(13)19)18-15-9-5-3-7-12(15)11-17/h3-10,14,18-19H,2H2,1H3. The van der Waals surface area contributed by atoms with Crippen molar-refractivity contribution in [1.82, 2.24) is 0 Å². The number of para-hydroxylation sites is 2. The largest absolute Gasteiger partial charge is 0.508 e. The normalized spacial score (nSPS) is 11.6. The Kier molecular flexibility index (Phi) is 4.04. The summed E-state index contributed by atoms with van der Waals surface area (Å²) in [6.07, 6.45) is 0.817. The Morgan fingerprint density at radius 1 is 1.16 bits per heavy atom. The van der Waals surface area contributed by atoms with Crippen LogP contribution in [0.4, 0.5) is 5.69 Å². The minimum absolute atomic E-state index is 0.0179. The number of hydrogen-bond donors (Lipinski definition) is 2. The molecular weight excluding hydrogens is 236 g/mol. The van der Waals surface area contributed by atoms with Crippen molar-refractivity contribution in [3.05, 3.63) is 59.7 Å². The molecule has 1 atom stereocenters. The molecule has 0 fully saturated rings. The van der Waals surface area contributed by atoms with E-state index in [4.69, 9.17) is 5.26 Å². The van der Waals surface area contributed by atoms with Crippen LogP contribution in [0.1, 0.15) is 30.5 Å². The summed E-state index contributed by atoms with van der Waals surface area (Å²) in [6, 6.07) is 16.8. The number of hydrogen-bond acceptors (Lipinski definition) is 3. The minimum atomic E-state index is -0.0179. The Balaban J connectivity index is 2.30. The fraction of sp³-hybridized carbons (Fsp3) is 0.188. The highest BCUT2D eigenvalue weighted by Crippen LogP contribution is 2.30. The van der Waals surface area contributed by atoms with Crippen molar-refractivity contribution in [3.8, 4) is 11.8 Å². The molecule has 0 aliphatic heterocycles. The molecule has 3 heteroatoms. The first-order valence-corrected chi connectivity index (χ1v) is 6.29. The van der Waals surface area contributed by atoms with E-state index in [2.05, 4.69) is 11.4 Å². The molecule has 2 aromatic carbocycles. The van der Waals surface area contributed by atoms with Gasteiger partial charge in [0.05, 0.1) is 17.3 Å².